The summed E-state index contributed by atoms with van der Waals surface area (Å²) in [7, 11) is 0. The Bertz CT molecular complexity index is 1000. The molecule has 0 aliphatic carbocycles. The number of benzene rings is 2. The molecule has 0 saturated carbocycles. The van der Waals surface area contributed by atoms with E-state index in [-0.39, 0.29) is 30.7 Å². The number of carbonyl (C=O) groups is 4. The Hall–Kier alpha value is -3.48. The summed E-state index contributed by atoms with van der Waals surface area (Å²) in [6, 6.07) is 14.5. The number of hydrogen-bond donors (Lipinski definition) is 2. The zero-order chi connectivity index (χ0) is 21.1. The van der Waals surface area contributed by atoms with Gasteiger partial charge in [0.2, 0.25) is 17.7 Å². The third-order valence-electron chi connectivity index (χ3n) is 5.57. The lowest BCUT2D eigenvalue weighted by atomic mass is 10.0. The monoisotopic (exact) mass is 405 g/mol. The van der Waals surface area contributed by atoms with E-state index < -0.39 is 11.9 Å². The average Bonchev–Trinajstić information content (AvgIpc) is 3.06. The van der Waals surface area contributed by atoms with Crippen molar-refractivity contribution in [1.29, 1.82) is 0 Å². The second-order valence-corrected chi connectivity index (χ2v) is 7.62. The van der Waals surface area contributed by atoms with Crippen LogP contribution in [0, 0.1) is 0 Å². The van der Waals surface area contributed by atoms with Gasteiger partial charge in [0, 0.05) is 36.2 Å². The van der Waals surface area contributed by atoms with Gasteiger partial charge in [-0.3, -0.25) is 24.5 Å². The van der Waals surface area contributed by atoms with Gasteiger partial charge in [-0.1, -0.05) is 36.4 Å². The maximum atomic E-state index is 12.8. The van der Waals surface area contributed by atoms with Gasteiger partial charge in [0.25, 0.3) is 5.91 Å². The number of imide groups is 1. The molecule has 4 amide bonds. The maximum Gasteiger partial charge on any atom is 0.255 e. The Balaban J connectivity index is 1.40. The van der Waals surface area contributed by atoms with Gasteiger partial charge in [0.1, 0.15) is 6.04 Å². The first-order valence-electron chi connectivity index (χ1n) is 10.1. The maximum absolute atomic E-state index is 12.8. The van der Waals surface area contributed by atoms with Crippen LogP contribution in [0.25, 0.3) is 0 Å². The van der Waals surface area contributed by atoms with Crippen molar-refractivity contribution in [2.24, 2.45) is 0 Å². The Morgan fingerprint density at radius 1 is 1.07 bits per heavy atom. The van der Waals surface area contributed by atoms with E-state index in [0.29, 0.717) is 29.7 Å². The molecule has 1 atom stereocenters. The van der Waals surface area contributed by atoms with E-state index in [4.69, 9.17) is 0 Å². The van der Waals surface area contributed by atoms with Gasteiger partial charge in [-0.15, -0.1) is 0 Å². The van der Waals surface area contributed by atoms with Crippen LogP contribution in [0.5, 0.6) is 0 Å². The molecule has 1 fully saturated rings. The molecule has 2 aromatic carbocycles. The molecule has 7 heteroatoms. The van der Waals surface area contributed by atoms with Crippen LogP contribution < -0.4 is 10.6 Å². The number of nitrogens with zero attached hydrogens (tertiary/aromatic N) is 1. The van der Waals surface area contributed by atoms with E-state index >= 15 is 0 Å². The number of nitrogens with one attached hydrogen (secondary N) is 2. The molecule has 2 aliphatic heterocycles. The Morgan fingerprint density at radius 3 is 2.63 bits per heavy atom. The van der Waals surface area contributed by atoms with Crippen molar-refractivity contribution in [3.8, 4) is 0 Å². The topological polar surface area (TPSA) is 95.6 Å². The van der Waals surface area contributed by atoms with Gasteiger partial charge in [0.05, 0.1) is 0 Å². The smallest absolute Gasteiger partial charge is 0.255 e. The Kier molecular flexibility index (Phi) is 5.61. The lowest BCUT2D eigenvalue weighted by Gasteiger charge is -2.29. The summed E-state index contributed by atoms with van der Waals surface area (Å²) in [5, 5.41) is 5.21. The van der Waals surface area contributed by atoms with Crippen molar-refractivity contribution in [3.63, 3.8) is 0 Å². The number of fused-ring (bicyclic) bond motifs is 1. The molecule has 4 rings (SSSR count). The van der Waals surface area contributed by atoms with Crippen LogP contribution in [0.15, 0.2) is 48.5 Å². The van der Waals surface area contributed by atoms with Gasteiger partial charge in [0.15, 0.2) is 0 Å². The molecule has 1 saturated heterocycles. The number of carbonyl (C=O) groups excluding carboxylic acids is 4. The highest BCUT2D eigenvalue weighted by atomic mass is 16.2. The normalized spacial score (nSPS) is 18.2. The number of piperidine rings is 1. The van der Waals surface area contributed by atoms with Crippen LogP contribution in [-0.2, 0) is 27.3 Å². The molecule has 7 nitrogen and oxygen atoms in total. The lowest BCUT2D eigenvalue weighted by molar-refractivity contribution is -0.137. The van der Waals surface area contributed by atoms with Gasteiger partial charge in [-0.25, -0.2) is 0 Å². The number of anilines is 1. The van der Waals surface area contributed by atoms with Gasteiger partial charge < -0.3 is 10.2 Å². The Labute approximate surface area is 174 Å². The summed E-state index contributed by atoms with van der Waals surface area (Å²) < 4.78 is 0. The molecular formula is C23H23N3O4. The van der Waals surface area contributed by atoms with Gasteiger partial charge in [-0.05, 0) is 37.0 Å². The van der Waals surface area contributed by atoms with E-state index in [2.05, 4.69) is 10.6 Å². The minimum absolute atomic E-state index is 0.105. The van der Waals surface area contributed by atoms with E-state index in [0.717, 1.165) is 12.8 Å². The zero-order valence-corrected chi connectivity index (χ0v) is 16.5. The standard InChI is InChI=1S/C23H23N3O4/c27-20(11-4-8-15-6-2-1-3-7-15)24-18-10-5-9-16-17(18)14-26(23(16)30)19-12-13-21(28)25-22(19)29/h1-3,5-7,9-10,19H,4,8,11-14H2,(H,24,27)(H,25,28,29). The van der Waals surface area contributed by atoms with Crippen molar-refractivity contribution in [2.45, 2.75) is 44.7 Å². The second kappa shape index (κ2) is 8.49. The molecule has 154 valence electrons. The number of rotatable bonds is 6. The summed E-state index contributed by atoms with van der Waals surface area (Å²) in [5.41, 5.74) is 2.99. The number of amides is 4. The van der Waals surface area contributed by atoms with Crippen molar-refractivity contribution in [1.82, 2.24) is 10.2 Å². The minimum atomic E-state index is -0.669. The first kappa shape index (κ1) is 19.8. The molecule has 2 aliphatic rings. The van der Waals surface area contributed by atoms with E-state index in [1.807, 2.05) is 30.3 Å². The first-order chi connectivity index (χ1) is 14.5. The highest BCUT2D eigenvalue weighted by Gasteiger charge is 2.39. The summed E-state index contributed by atoms with van der Waals surface area (Å²) in [4.78, 5) is 50.4. The Morgan fingerprint density at radius 2 is 1.87 bits per heavy atom. The number of hydrogen-bond acceptors (Lipinski definition) is 4. The molecule has 2 aromatic rings. The molecule has 2 N–H and O–H groups in total. The van der Waals surface area contributed by atoms with Crippen LogP contribution in [0.3, 0.4) is 0 Å². The number of aryl methyl sites for hydroxylation is 1. The molecule has 0 radical (unpaired) electrons. The molecule has 2 heterocycles. The minimum Gasteiger partial charge on any atom is -0.326 e. The van der Waals surface area contributed by atoms with Crippen LogP contribution >= 0.6 is 0 Å². The van der Waals surface area contributed by atoms with E-state index in [1.54, 1.807) is 18.2 Å². The molecule has 1 unspecified atom stereocenters. The molecule has 0 aromatic heterocycles. The van der Waals surface area contributed by atoms with Crippen LogP contribution in [-0.4, -0.2) is 34.6 Å². The van der Waals surface area contributed by atoms with Crippen molar-refractivity contribution in [3.05, 3.63) is 65.2 Å². The fourth-order valence-corrected chi connectivity index (χ4v) is 4.01. The van der Waals surface area contributed by atoms with Crippen LogP contribution in [0.2, 0.25) is 0 Å². The van der Waals surface area contributed by atoms with Crippen molar-refractivity contribution in [2.75, 3.05) is 5.32 Å². The summed E-state index contributed by atoms with van der Waals surface area (Å²) in [5.74, 6) is -1.12. The fraction of sp³-hybridized carbons (Fsp3) is 0.304. The fourth-order valence-electron chi connectivity index (χ4n) is 4.01. The molecule has 0 spiro atoms. The van der Waals surface area contributed by atoms with Gasteiger partial charge in [-0.2, -0.15) is 0 Å². The van der Waals surface area contributed by atoms with Crippen molar-refractivity contribution < 1.29 is 19.2 Å². The third-order valence-corrected chi connectivity index (χ3v) is 5.57. The molecular weight excluding hydrogens is 382 g/mol. The first-order valence-corrected chi connectivity index (χ1v) is 10.1. The van der Waals surface area contributed by atoms with E-state index in [1.165, 1.54) is 10.5 Å². The second-order valence-electron chi connectivity index (χ2n) is 7.62. The highest BCUT2D eigenvalue weighted by Crippen LogP contribution is 2.32. The largest absolute Gasteiger partial charge is 0.326 e. The quantitative estimate of drug-likeness (QED) is 0.722. The van der Waals surface area contributed by atoms with Crippen LogP contribution in [0.4, 0.5) is 5.69 Å². The average molecular weight is 405 g/mol. The molecule has 0 bridgehead atoms. The lowest BCUT2D eigenvalue weighted by Crippen LogP contribution is -2.52. The highest BCUT2D eigenvalue weighted by molar-refractivity contribution is 6.06. The summed E-state index contributed by atoms with van der Waals surface area (Å²) in [6.45, 7) is 0.237. The summed E-state index contributed by atoms with van der Waals surface area (Å²) in [6.07, 6.45) is 2.45. The zero-order valence-electron chi connectivity index (χ0n) is 16.5. The van der Waals surface area contributed by atoms with Gasteiger partial charge >= 0.3 is 0 Å². The SMILES string of the molecule is O=C1CCC(N2Cc3c(NC(=O)CCCc4ccccc4)cccc3C2=O)C(=O)N1. The molecule has 30 heavy (non-hydrogen) atoms. The predicted molar refractivity (Wildman–Crippen MR) is 110 cm³/mol. The van der Waals surface area contributed by atoms with Crippen LogP contribution in [0.1, 0.15) is 47.2 Å². The van der Waals surface area contributed by atoms with Crippen molar-refractivity contribution >= 4 is 29.3 Å². The predicted octanol–water partition coefficient (Wildman–Crippen LogP) is 2.41. The van der Waals surface area contributed by atoms with E-state index in [9.17, 15) is 19.2 Å². The summed E-state index contributed by atoms with van der Waals surface area (Å²) >= 11 is 0. The third kappa shape index (κ3) is 4.10.